The van der Waals surface area contributed by atoms with Gasteiger partial charge in [-0.3, -0.25) is 4.79 Å². The molecule has 7 heteroatoms. The van der Waals surface area contributed by atoms with E-state index in [0.717, 1.165) is 0 Å². The van der Waals surface area contributed by atoms with Crippen molar-refractivity contribution < 1.29 is 14.3 Å². The lowest BCUT2D eigenvalue weighted by Crippen LogP contribution is -2.11. The van der Waals surface area contributed by atoms with Crippen LogP contribution in [-0.2, 0) is 6.61 Å². The van der Waals surface area contributed by atoms with E-state index in [1.807, 2.05) is 13.8 Å². The minimum atomic E-state index is 0.181. The van der Waals surface area contributed by atoms with Crippen molar-refractivity contribution >= 4 is 17.9 Å². The van der Waals surface area contributed by atoms with E-state index < -0.39 is 0 Å². The number of ether oxygens (including phenoxy) is 2. The van der Waals surface area contributed by atoms with Gasteiger partial charge in [0.25, 0.3) is 0 Å². The van der Waals surface area contributed by atoms with Crippen molar-refractivity contribution in [2.45, 2.75) is 26.5 Å². The molecule has 1 aromatic carbocycles. The molecule has 2 rings (SSSR count). The SMILES string of the molecule is COc1cc(C=O)cc(Cl)c1OCc1ncnn1C(C)C. The lowest BCUT2D eigenvalue weighted by Gasteiger charge is -2.14. The largest absolute Gasteiger partial charge is 0.493 e. The monoisotopic (exact) mass is 309 g/mol. The van der Waals surface area contributed by atoms with Gasteiger partial charge in [-0.25, -0.2) is 9.67 Å². The lowest BCUT2D eigenvalue weighted by molar-refractivity contribution is 0.112. The Morgan fingerprint density at radius 3 is 2.81 bits per heavy atom. The van der Waals surface area contributed by atoms with Crippen molar-refractivity contribution in [3.8, 4) is 11.5 Å². The predicted octanol–water partition coefficient (Wildman–Crippen LogP) is 2.91. The minimum Gasteiger partial charge on any atom is -0.493 e. The maximum absolute atomic E-state index is 10.8. The number of rotatable bonds is 6. The van der Waals surface area contributed by atoms with Gasteiger partial charge in [-0.2, -0.15) is 5.10 Å². The van der Waals surface area contributed by atoms with Crippen molar-refractivity contribution in [2.75, 3.05) is 7.11 Å². The van der Waals surface area contributed by atoms with Crippen molar-refractivity contribution in [1.29, 1.82) is 0 Å². The van der Waals surface area contributed by atoms with E-state index in [0.29, 0.717) is 34.2 Å². The topological polar surface area (TPSA) is 66.2 Å². The molecule has 0 fully saturated rings. The zero-order valence-electron chi connectivity index (χ0n) is 12.0. The first kappa shape index (κ1) is 15.3. The maximum atomic E-state index is 10.8. The third-order valence-corrected chi connectivity index (χ3v) is 3.15. The van der Waals surface area contributed by atoms with Gasteiger partial charge in [0.15, 0.2) is 17.3 Å². The summed E-state index contributed by atoms with van der Waals surface area (Å²) in [6, 6.07) is 3.28. The van der Waals surface area contributed by atoms with Crippen molar-refractivity contribution in [3.05, 3.63) is 34.9 Å². The number of aldehydes is 1. The number of carbonyl (C=O) groups is 1. The number of benzene rings is 1. The fraction of sp³-hybridized carbons (Fsp3) is 0.357. The summed E-state index contributed by atoms with van der Waals surface area (Å²) in [4.78, 5) is 15.0. The molecule has 0 aliphatic rings. The van der Waals surface area contributed by atoms with Crippen molar-refractivity contribution in [3.63, 3.8) is 0 Å². The summed E-state index contributed by atoms with van der Waals surface area (Å²) >= 11 is 6.13. The molecule has 0 bridgehead atoms. The fourth-order valence-electron chi connectivity index (χ4n) is 1.89. The second-order valence-electron chi connectivity index (χ2n) is 4.66. The highest BCUT2D eigenvalue weighted by atomic mass is 35.5. The third-order valence-electron chi connectivity index (χ3n) is 2.87. The summed E-state index contributed by atoms with van der Waals surface area (Å²) in [6.45, 7) is 4.21. The Hall–Kier alpha value is -2.08. The smallest absolute Gasteiger partial charge is 0.180 e. The average molecular weight is 310 g/mol. The molecule has 1 aromatic heterocycles. The number of carbonyl (C=O) groups excluding carboxylic acids is 1. The van der Waals surface area contributed by atoms with Gasteiger partial charge in [-0.05, 0) is 26.0 Å². The Labute approximate surface area is 127 Å². The Bertz CT molecular complexity index is 640. The van der Waals surface area contributed by atoms with Gasteiger partial charge in [-0.1, -0.05) is 11.6 Å². The Morgan fingerprint density at radius 1 is 1.43 bits per heavy atom. The van der Waals surface area contributed by atoms with Crippen LogP contribution in [0.1, 0.15) is 36.1 Å². The molecule has 0 saturated carbocycles. The summed E-state index contributed by atoms with van der Waals surface area (Å²) < 4.78 is 12.7. The Kier molecular flexibility index (Phi) is 4.80. The molecule has 0 spiro atoms. The lowest BCUT2D eigenvalue weighted by atomic mass is 10.2. The molecule has 6 nitrogen and oxygen atoms in total. The molecular formula is C14H16ClN3O3. The zero-order valence-corrected chi connectivity index (χ0v) is 12.8. The highest BCUT2D eigenvalue weighted by Gasteiger charge is 2.14. The van der Waals surface area contributed by atoms with Gasteiger partial charge >= 0.3 is 0 Å². The van der Waals surface area contributed by atoms with Gasteiger partial charge in [0.05, 0.1) is 12.1 Å². The van der Waals surface area contributed by atoms with Gasteiger partial charge in [0.2, 0.25) is 0 Å². The first-order valence-corrected chi connectivity index (χ1v) is 6.78. The molecule has 2 aromatic rings. The summed E-state index contributed by atoms with van der Waals surface area (Å²) in [5, 5.41) is 4.45. The molecular weight excluding hydrogens is 294 g/mol. The Morgan fingerprint density at radius 2 is 2.19 bits per heavy atom. The molecule has 1 heterocycles. The fourth-order valence-corrected chi connectivity index (χ4v) is 2.17. The van der Waals surface area contributed by atoms with Gasteiger partial charge in [-0.15, -0.1) is 0 Å². The number of hydrogen-bond acceptors (Lipinski definition) is 5. The summed E-state index contributed by atoms with van der Waals surface area (Å²) in [7, 11) is 1.49. The minimum absolute atomic E-state index is 0.181. The number of aromatic nitrogens is 3. The number of methoxy groups -OCH3 is 1. The van der Waals surface area contributed by atoms with Crippen LogP contribution < -0.4 is 9.47 Å². The van der Waals surface area contributed by atoms with Gasteiger partial charge in [0, 0.05) is 11.6 Å². The highest BCUT2D eigenvalue weighted by molar-refractivity contribution is 6.32. The van der Waals surface area contributed by atoms with Gasteiger partial charge < -0.3 is 9.47 Å². The normalized spacial score (nSPS) is 10.7. The summed E-state index contributed by atoms with van der Waals surface area (Å²) in [6.07, 6.45) is 2.18. The molecule has 0 radical (unpaired) electrons. The summed E-state index contributed by atoms with van der Waals surface area (Å²) in [5.74, 6) is 1.46. The number of nitrogens with zero attached hydrogens (tertiary/aromatic N) is 3. The first-order valence-electron chi connectivity index (χ1n) is 6.40. The third kappa shape index (κ3) is 3.33. The maximum Gasteiger partial charge on any atom is 0.180 e. The van der Waals surface area contributed by atoms with E-state index in [4.69, 9.17) is 21.1 Å². The van der Waals surface area contributed by atoms with E-state index in [2.05, 4.69) is 10.1 Å². The van der Waals surface area contributed by atoms with Crippen LogP contribution in [0, 0.1) is 0 Å². The van der Waals surface area contributed by atoms with Crippen LogP contribution in [0.2, 0.25) is 5.02 Å². The standard InChI is InChI=1S/C14H16ClN3O3/c1-9(2)18-13(16-8-17-18)7-21-14-11(15)4-10(6-19)5-12(14)20-3/h4-6,8-9H,7H2,1-3H3. The zero-order chi connectivity index (χ0) is 15.4. The Balaban J connectivity index is 2.23. The van der Waals surface area contributed by atoms with Crippen LogP contribution in [0.15, 0.2) is 18.5 Å². The predicted molar refractivity (Wildman–Crippen MR) is 78.1 cm³/mol. The quantitative estimate of drug-likeness (QED) is 0.768. The number of halogens is 1. The van der Waals surface area contributed by atoms with Crippen LogP contribution >= 0.6 is 11.6 Å². The molecule has 0 N–H and O–H groups in total. The molecule has 0 atom stereocenters. The van der Waals surface area contributed by atoms with Crippen LogP contribution in [0.25, 0.3) is 0 Å². The van der Waals surface area contributed by atoms with Crippen molar-refractivity contribution in [1.82, 2.24) is 14.8 Å². The second kappa shape index (κ2) is 6.58. The molecule has 112 valence electrons. The van der Waals surface area contributed by atoms with Crippen LogP contribution in [0.4, 0.5) is 0 Å². The summed E-state index contributed by atoms with van der Waals surface area (Å²) in [5.41, 5.74) is 0.426. The average Bonchev–Trinajstić information content (AvgIpc) is 2.93. The van der Waals surface area contributed by atoms with Gasteiger partial charge in [0.1, 0.15) is 19.2 Å². The van der Waals surface area contributed by atoms with E-state index in [9.17, 15) is 4.79 Å². The van der Waals surface area contributed by atoms with Crippen molar-refractivity contribution in [2.24, 2.45) is 0 Å². The van der Waals surface area contributed by atoms with E-state index in [1.54, 1.807) is 10.7 Å². The van der Waals surface area contributed by atoms with Crippen LogP contribution in [0.5, 0.6) is 11.5 Å². The molecule has 0 unspecified atom stereocenters. The second-order valence-corrected chi connectivity index (χ2v) is 5.06. The van der Waals surface area contributed by atoms with E-state index >= 15 is 0 Å². The highest BCUT2D eigenvalue weighted by Crippen LogP contribution is 2.36. The molecule has 21 heavy (non-hydrogen) atoms. The molecule has 0 saturated heterocycles. The van der Waals surface area contributed by atoms with E-state index in [1.165, 1.54) is 19.5 Å². The molecule has 0 aliphatic heterocycles. The molecule has 0 aliphatic carbocycles. The van der Waals surface area contributed by atoms with E-state index in [-0.39, 0.29) is 12.6 Å². The molecule has 0 amide bonds. The van der Waals surface area contributed by atoms with Crippen LogP contribution in [-0.4, -0.2) is 28.2 Å². The van der Waals surface area contributed by atoms with Crippen LogP contribution in [0.3, 0.4) is 0 Å². The number of hydrogen-bond donors (Lipinski definition) is 0. The first-order chi connectivity index (χ1) is 10.1.